The van der Waals surface area contributed by atoms with E-state index in [-0.39, 0.29) is 0 Å². The summed E-state index contributed by atoms with van der Waals surface area (Å²) in [5.74, 6) is 0. The number of aryl methyl sites for hydroxylation is 3. The third-order valence-corrected chi connectivity index (χ3v) is 5.15. The molecule has 1 heterocycles. The van der Waals surface area contributed by atoms with Crippen molar-refractivity contribution in [1.29, 1.82) is 0 Å². The number of aromatic nitrogens is 1. The number of rotatable bonds is 3. The van der Waals surface area contributed by atoms with Crippen LogP contribution in [0.2, 0.25) is 0 Å². The molecule has 0 bridgehead atoms. The van der Waals surface area contributed by atoms with Crippen LogP contribution in [0.1, 0.15) is 16.7 Å². The summed E-state index contributed by atoms with van der Waals surface area (Å²) in [6, 6.07) is 12.9. The maximum Gasteiger partial charge on any atom is 0.0481 e. The van der Waals surface area contributed by atoms with Gasteiger partial charge >= 0.3 is 0 Å². The molecule has 0 aliphatic rings. The molecule has 3 heteroatoms. The molecular weight excluding hydrogens is 324 g/mol. The predicted molar refractivity (Wildman–Crippen MR) is 93.9 cm³/mol. The van der Waals surface area contributed by atoms with E-state index >= 15 is 0 Å². The molecule has 0 aliphatic heterocycles. The van der Waals surface area contributed by atoms with Crippen LogP contribution in [0.15, 0.2) is 47.1 Å². The molecular formula is C18H19BrN2. The van der Waals surface area contributed by atoms with E-state index < -0.39 is 0 Å². The standard InChI is InChI=1S/C18H19BrN2/c1-12-8-15(9-13(2)18(12)19)20-10-14-11-21(3)17-7-5-4-6-16(14)17/h4-9,11,20H,10H2,1-3H3. The van der Waals surface area contributed by atoms with Gasteiger partial charge in [-0.1, -0.05) is 34.1 Å². The van der Waals surface area contributed by atoms with E-state index in [1.807, 2.05) is 0 Å². The normalized spacial score (nSPS) is 11.0. The van der Waals surface area contributed by atoms with Gasteiger partial charge in [-0.25, -0.2) is 0 Å². The van der Waals surface area contributed by atoms with Gasteiger partial charge in [0, 0.05) is 40.9 Å². The van der Waals surface area contributed by atoms with Crippen molar-refractivity contribution >= 4 is 32.5 Å². The molecule has 0 unspecified atom stereocenters. The predicted octanol–water partition coefficient (Wildman–Crippen LogP) is 5.17. The van der Waals surface area contributed by atoms with Gasteiger partial charge in [-0.3, -0.25) is 0 Å². The second kappa shape index (κ2) is 5.57. The van der Waals surface area contributed by atoms with E-state index in [4.69, 9.17) is 0 Å². The van der Waals surface area contributed by atoms with E-state index in [1.54, 1.807) is 0 Å². The fourth-order valence-electron chi connectivity index (χ4n) is 2.81. The topological polar surface area (TPSA) is 17.0 Å². The lowest BCUT2D eigenvalue weighted by molar-refractivity contribution is 0.955. The van der Waals surface area contributed by atoms with E-state index in [9.17, 15) is 0 Å². The molecule has 3 aromatic rings. The zero-order chi connectivity index (χ0) is 15.0. The highest BCUT2D eigenvalue weighted by molar-refractivity contribution is 9.10. The second-order valence-corrected chi connectivity index (χ2v) is 6.35. The van der Waals surface area contributed by atoms with Gasteiger partial charge in [0.15, 0.2) is 0 Å². The van der Waals surface area contributed by atoms with Crippen LogP contribution in [0.3, 0.4) is 0 Å². The Hall–Kier alpha value is -1.74. The molecule has 1 aromatic heterocycles. The molecule has 2 nitrogen and oxygen atoms in total. The first kappa shape index (κ1) is 14.2. The molecule has 0 fully saturated rings. The maximum absolute atomic E-state index is 3.61. The van der Waals surface area contributed by atoms with Gasteiger partial charge in [0.2, 0.25) is 0 Å². The first-order valence-corrected chi connectivity index (χ1v) is 7.89. The quantitative estimate of drug-likeness (QED) is 0.694. The average molecular weight is 343 g/mol. The van der Waals surface area contributed by atoms with Gasteiger partial charge in [0.1, 0.15) is 0 Å². The van der Waals surface area contributed by atoms with Crippen LogP contribution in [-0.4, -0.2) is 4.57 Å². The van der Waals surface area contributed by atoms with Gasteiger partial charge in [0.05, 0.1) is 0 Å². The summed E-state index contributed by atoms with van der Waals surface area (Å²) in [6.45, 7) is 5.09. The number of fused-ring (bicyclic) bond motifs is 1. The van der Waals surface area contributed by atoms with Crippen molar-refractivity contribution in [2.45, 2.75) is 20.4 Å². The molecule has 0 spiro atoms. The van der Waals surface area contributed by atoms with Crippen molar-refractivity contribution in [3.05, 3.63) is 63.8 Å². The number of nitrogens with one attached hydrogen (secondary N) is 1. The van der Waals surface area contributed by atoms with Crippen LogP contribution in [0.4, 0.5) is 5.69 Å². The Bertz CT molecular complexity index is 779. The Labute approximate surface area is 133 Å². The molecule has 2 aromatic carbocycles. The van der Waals surface area contributed by atoms with Crippen molar-refractivity contribution in [3.63, 3.8) is 0 Å². The largest absolute Gasteiger partial charge is 0.381 e. The summed E-state index contributed by atoms with van der Waals surface area (Å²) >= 11 is 3.61. The fraction of sp³-hybridized carbons (Fsp3) is 0.222. The number of nitrogens with zero attached hydrogens (tertiary/aromatic N) is 1. The number of benzene rings is 2. The lowest BCUT2D eigenvalue weighted by Crippen LogP contribution is -2.00. The Kier molecular flexibility index (Phi) is 3.77. The SMILES string of the molecule is Cc1cc(NCc2cn(C)c3ccccc23)cc(C)c1Br. The lowest BCUT2D eigenvalue weighted by Gasteiger charge is -2.10. The Morgan fingerprint density at radius 2 is 1.76 bits per heavy atom. The molecule has 1 N–H and O–H groups in total. The summed E-state index contributed by atoms with van der Waals surface area (Å²) in [5, 5.41) is 4.86. The van der Waals surface area contributed by atoms with Crippen molar-refractivity contribution in [2.75, 3.05) is 5.32 Å². The summed E-state index contributed by atoms with van der Waals surface area (Å²) in [7, 11) is 2.10. The van der Waals surface area contributed by atoms with Crippen LogP contribution in [-0.2, 0) is 13.6 Å². The van der Waals surface area contributed by atoms with E-state index in [0.29, 0.717) is 0 Å². The lowest BCUT2D eigenvalue weighted by atomic mass is 10.1. The number of hydrogen-bond acceptors (Lipinski definition) is 1. The molecule has 0 radical (unpaired) electrons. The molecule has 21 heavy (non-hydrogen) atoms. The minimum absolute atomic E-state index is 0.835. The minimum atomic E-state index is 0.835. The van der Waals surface area contributed by atoms with Crippen molar-refractivity contribution in [3.8, 4) is 0 Å². The van der Waals surface area contributed by atoms with Gasteiger partial charge in [-0.05, 0) is 48.7 Å². The second-order valence-electron chi connectivity index (χ2n) is 5.56. The van der Waals surface area contributed by atoms with Gasteiger partial charge < -0.3 is 9.88 Å². The Morgan fingerprint density at radius 1 is 1.10 bits per heavy atom. The average Bonchev–Trinajstić information content (AvgIpc) is 2.79. The van der Waals surface area contributed by atoms with Crippen LogP contribution in [0.25, 0.3) is 10.9 Å². The zero-order valence-electron chi connectivity index (χ0n) is 12.6. The Morgan fingerprint density at radius 3 is 2.48 bits per heavy atom. The molecule has 0 amide bonds. The van der Waals surface area contributed by atoms with Crippen LogP contribution < -0.4 is 5.32 Å². The Balaban J connectivity index is 1.87. The number of anilines is 1. The highest BCUT2D eigenvalue weighted by Crippen LogP contribution is 2.26. The molecule has 0 saturated carbocycles. The zero-order valence-corrected chi connectivity index (χ0v) is 14.2. The molecule has 0 saturated heterocycles. The van der Waals surface area contributed by atoms with E-state index in [1.165, 1.54) is 37.8 Å². The van der Waals surface area contributed by atoms with Crippen molar-refractivity contribution < 1.29 is 0 Å². The third kappa shape index (κ3) is 2.70. The summed E-state index contributed by atoms with van der Waals surface area (Å²) in [5.41, 5.74) is 6.29. The number of para-hydroxylation sites is 1. The summed E-state index contributed by atoms with van der Waals surface area (Å²) < 4.78 is 3.38. The van der Waals surface area contributed by atoms with E-state index in [2.05, 4.69) is 89.3 Å². The summed E-state index contributed by atoms with van der Waals surface area (Å²) in [6.07, 6.45) is 2.20. The first-order chi connectivity index (χ1) is 10.1. The number of hydrogen-bond donors (Lipinski definition) is 1. The van der Waals surface area contributed by atoms with Gasteiger partial charge in [0.25, 0.3) is 0 Å². The van der Waals surface area contributed by atoms with Crippen LogP contribution in [0, 0.1) is 13.8 Å². The van der Waals surface area contributed by atoms with Crippen molar-refractivity contribution in [1.82, 2.24) is 4.57 Å². The molecule has 108 valence electrons. The third-order valence-electron chi connectivity index (χ3n) is 3.90. The molecule has 0 aliphatic carbocycles. The smallest absolute Gasteiger partial charge is 0.0481 e. The van der Waals surface area contributed by atoms with Crippen molar-refractivity contribution in [2.24, 2.45) is 7.05 Å². The highest BCUT2D eigenvalue weighted by atomic mass is 79.9. The van der Waals surface area contributed by atoms with E-state index in [0.717, 1.165) is 6.54 Å². The van der Waals surface area contributed by atoms with Gasteiger partial charge in [-0.2, -0.15) is 0 Å². The highest BCUT2D eigenvalue weighted by Gasteiger charge is 2.06. The maximum atomic E-state index is 3.61. The first-order valence-electron chi connectivity index (χ1n) is 7.10. The van der Waals surface area contributed by atoms with Crippen LogP contribution >= 0.6 is 15.9 Å². The van der Waals surface area contributed by atoms with Crippen LogP contribution in [0.5, 0.6) is 0 Å². The number of halogens is 1. The monoisotopic (exact) mass is 342 g/mol. The molecule has 0 atom stereocenters. The fourth-order valence-corrected chi connectivity index (χ4v) is 3.04. The van der Waals surface area contributed by atoms with Gasteiger partial charge in [-0.15, -0.1) is 0 Å². The summed E-state index contributed by atoms with van der Waals surface area (Å²) in [4.78, 5) is 0. The molecule has 3 rings (SSSR count). The minimum Gasteiger partial charge on any atom is -0.381 e.